The number of hydrogen-bond acceptors (Lipinski definition) is 2. The normalized spacial score (nSPS) is 24.1. The molecule has 1 aromatic carbocycles. The summed E-state index contributed by atoms with van der Waals surface area (Å²) in [5, 5.41) is 9.47. The van der Waals surface area contributed by atoms with Gasteiger partial charge in [0.15, 0.2) is 0 Å². The van der Waals surface area contributed by atoms with Crippen molar-refractivity contribution in [3.8, 4) is 0 Å². The fourth-order valence-electron chi connectivity index (χ4n) is 2.54. The first-order valence-electron chi connectivity index (χ1n) is 6.31. The molecule has 2 unspecified atom stereocenters. The Balaban J connectivity index is 2.18. The van der Waals surface area contributed by atoms with E-state index in [-0.39, 0.29) is 18.6 Å². The number of piperidine rings is 1. The highest BCUT2D eigenvalue weighted by Crippen LogP contribution is 2.25. The number of benzene rings is 1. The number of carbonyl (C=O) groups is 1. The molecule has 0 saturated carbocycles. The molecular weight excluding hydrogens is 294 g/mol. The van der Waals surface area contributed by atoms with Gasteiger partial charge in [-0.3, -0.25) is 4.79 Å². The highest BCUT2D eigenvalue weighted by atomic mass is 79.9. The number of carbonyl (C=O) groups excluding carboxylic acids is 1. The molecule has 1 fully saturated rings. The zero-order chi connectivity index (χ0) is 13.1. The zero-order valence-electron chi connectivity index (χ0n) is 10.5. The smallest absolute Gasteiger partial charge is 0.254 e. The molecule has 1 amide bonds. The summed E-state index contributed by atoms with van der Waals surface area (Å²) < 4.78 is 0.963. The fraction of sp³-hybridized carbons (Fsp3) is 0.500. The summed E-state index contributed by atoms with van der Waals surface area (Å²) in [6, 6.07) is 7.33. The third kappa shape index (κ3) is 2.75. The Morgan fingerprint density at radius 3 is 2.72 bits per heavy atom. The lowest BCUT2D eigenvalue weighted by Crippen LogP contribution is -2.49. The Labute approximate surface area is 116 Å². The molecule has 0 bridgehead atoms. The molecule has 1 heterocycles. The number of hydrogen-bond donors (Lipinski definition) is 1. The predicted octanol–water partition coefficient (Wildman–Crippen LogP) is 2.68. The average Bonchev–Trinajstić information content (AvgIpc) is 2.38. The molecular formula is C14H18BrNO2. The first-order chi connectivity index (χ1) is 8.63. The summed E-state index contributed by atoms with van der Waals surface area (Å²) in [6.07, 6.45) is 2.09. The zero-order valence-corrected chi connectivity index (χ0v) is 12.1. The van der Waals surface area contributed by atoms with Crippen LogP contribution in [0.25, 0.3) is 0 Å². The second-order valence-corrected chi connectivity index (χ2v) is 5.79. The van der Waals surface area contributed by atoms with Crippen molar-refractivity contribution in [1.82, 2.24) is 4.90 Å². The Hall–Kier alpha value is -0.870. The van der Waals surface area contributed by atoms with Crippen molar-refractivity contribution >= 4 is 21.8 Å². The Bertz CT molecular complexity index is 418. The van der Waals surface area contributed by atoms with Gasteiger partial charge in [0.1, 0.15) is 0 Å². The molecule has 4 heteroatoms. The van der Waals surface area contributed by atoms with Gasteiger partial charge >= 0.3 is 0 Å². The highest BCUT2D eigenvalue weighted by molar-refractivity contribution is 9.10. The first kappa shape index (κ1) is 13.6. The highest BCUT2D eigenvalue weighted by Gasteiger charge is 2.31. The molecule has 1 aliphatic heterocycles. The van der Waals surface area contributed by atoms with Gasteiger partial charge in [0.2, 0.25) is 0 Å². The molecule has 98 valence electrons. The van der Waals surface area contributed by atoms with E-state index in [4.69, 9.17) is 0 Å². The second-order valence-electron chi connectivity index (χ2n) is 4.87. The summed E-state index contributed by atoms with van der Waals surface area (Å²) in [5.74, 6) is 0.385. The van der Waals surface area contributed by atoms with Crippen LogP contribution in [0.4, 0.5) is 0 Å². The van der Waals surface area contributed by atoms with Crippen LogP contribution in [0.5, 0.6) is 0 Å². The Morgan fingerprint density at radius 2 is 2.11 bits per heavy atom. The molecule has 2 atom stereocenters. The number of rotatable bonds is 2. The molecule has 1 N–H and O–H groups in total. The van der Waals surface area contributed by atoms with Crippen molar-refractivity contribution in [1.29, 1.82) is 0 Å². The summed E-state index contributed by atoms with van der Waals surface area (Å²) >= 11 is 3.36. The number of likely N-dealkylation sites (tertiary alicyclic amines) is 1. The maximum Gasteiger partial charge on any atom is 0.254 e. The minimum absolute atomic E-state index is 0.0214. The van der Waals surface area contributed by atoms with Crippen molar-refractivity contribution in [2.75, 3.05) is 13.2 Å². The molecule has 1 saturated heterocycles. The van der Waals surface area contributed by atoms with Crippen LogP contribution in [0.1, 0.15) is 30.1 Å². The van der Waals surface area contributed by atoms with E-state index >= 15 is 0 Å². The largest absolute Gasteiger partial charge is 0.394 e. The number of aliphatic hydroxyl groups is 1. The second kappa shape index (κ2) is 5.85. The monoisotopic (exact) mass is 311 g/mol. The van der Waals surface area contributed by atoms with Gasteiger partial charge in [-0.15, -0.1) is 0 Å². The van der Waals surface area contributed by atoms with Crippen molar-refractivity contribution in [2.45, 2.75) is 25.8 Å². The molecule has 0 radical (unpaired) electrons. The standard InChI is InChI=1S/C14H18BrNO2/c1-10-3-2-8-16(13(10)9-17)14(18)11-4-6-12(15)7-5-11/h4-7,10,13,17H,2-3,8-9H2,1H3. The summed E-state index contributed by atoms with van der Waals surface area (Å²) in [7, 11) is 0. The van der Waals surface area contributed by atoms with Gasteiger partial charge < -0.3 is 10.0 Å². The van der Waals surface area contributed by atoms with Gasteiger partial charge in [0, 0.05) is 16.6 Å². The number of halogens is 1. The quantitative estimate of drug-likeness (QED) is 0.912. The number of aliphatic hydroxyl groups excluding tert-OH is 1. The molecule has 2 rings (SSSR count). The van der Waals surface area contributed by atoms with Crippen LogP contribution < -0.4 is 0 Å². The summed E-state index contributed by atoms with van der Waals surface area (Å²) in [6.45, 7) is 2.88. The van der Waals surface area contributed by atoms with E-state index in [0.717, 1.165) is 23.9 Å². The maximum absolute atomic E-state index is 12.4. The minimum atomic E-state index is -0.0464. The summed E-state index contributed by atoms with van der Waals surface area (Å²) in [5.41, 5.74) is 0.686. The van der Waals surface area contributed by atoms with E-state index in [1.807, 2.05) is 29.2 Å². The van der Waals surface area contributed by atoms with Crippen molar-refractivity contribution in [2.24, 2.45) is 5.92 Å². The van der Waals surface area contributed by atoms with Crippen molar-refractivity contribution in [3.63, 3.8) is 0 Å². The third-order valence-corrected chi connectivity index (χ3v) is 4.18. The van der Waals surface area contributed by atoms with Crippen molar-refractivity contribution < 1.29 is 9.90 Å². The maximum atomic E-state index is 12.4. The Morgan fingerprint density at radius 1 is 1.44 bits per heavy atom. The van der Waals surface area contributed by atoms with Gasteiger partial charge in [-0.05, 0) is 43.0 Å². The van der Waals surface area contributed by atoms with Crippen LogP contribution in [0, 0.1) is 5.92 Å². The van der Waals surface area contributed by atoms with Gasteiger partial charge in [-0.25, -0.2) is 0 Å². The molecule has 18 heavy (non-hydrogen) atoms. The van der Waals surface area contributed by atoms with E-state index in [0.29, 0.717) is 11.5 Å². The van der Waals surface area contributed by atoms with Crippen LogP contribution in [0.2, 0.25) is 0 Å². The first-order valence-corrected chi connectivity index (χ1v) is 7.10. The van der Waals surface area contributed by atoms with E-state index in [2.05, 4.69) is 22.9 Å². The van der Waals surface area contributed by atoms with Crippen molar-refractivity contribution in [3.05, 3.63) is 34.3 Å². The van der Waals surface area contributed by atoms with E-state index < -0.39 is 0 Å². The third-order valence-electron chi connectivity index (χ3n) is 3.65. The Kier molecular flexibility index (Phi) is 4.40. The van der Waals surface area contributed by atoms with Crippen LogP contribution >= 0.6 is 15.9 Å². The van der Waals surface area contributed by atoms with Gasteiger partial charge in [0.05, 0.1) is 12.6 Å². The van der Waals surface area contributed by atoms with Gasteiger partial charge in [0.25, 0.3) is 5.91 Å². The van der Waals surface area contributed by atoms with E-state index in [1.54, 1.807) is 0 Å². The molecule has 3 nitrogen and oxygen atoms in total. The molecule has 1 aromatic rings. The lowest BCUT2D eigenvalue weighted by atomic mass is 9.90. The predicted molar refractivity (Wildman–Crippen MR) is 74.5 cm³/mol. The molecule has 0 spiro atoms. The van der Waals surface area contributed by atoms with Crippen LogP contribution in [0.15, 0.2) is 28.7 Å². The van der Waals surface area contributed by atoms with Crippen LogP contribution in [-0.4, -0.2) is 35.1 Å². The van der Waals surface area contributed by atoms with Gasteiger partial charge in [-0.2, -0.15) is 0 Å². The van der Waals surface area contributed by atoms with Gasteiger partial charge in [-0.1, -0.05) is 22.9 Å². The summed E-state index contributed by atoms with van der Waals surface area (Å²) in [4.78, 5) is 14.2. The van der Waals surface area contributed by atoms with Crippen LogP contribution in [0.3, 0.4) is 0 Å². The topological polar surface area (TPSA) is 40.5 Å². The average molecular weight is 312 g/mol. The SMILES string of the molecule is CC1CCCN(C(=O)c2ccc(Br)cc2)C1CO. The van der Waals surface area contributed by atoms with Crippen LogP contribution in [-0.2, 0) is 0 Å². The van der Waals surface area contributed by atoms with E-state index in [1.165, 1.54) is 0 Å². The van der Waals surface area contributed by atoms with E-state index in [9.17, 15) is 9.90 Å². The fourth-order valence-corrected chi connectivity index (χ4v) is 2.80. The molecule has 1 aliphatic rings. The molecule has 0 aliphatic carbocycles. The lowest BCUT2D eigenvalue weighted by Gasteiger charge is -2.39. The number of amides is 1. The minimum Gasteiger partial charge on any atom is -0.394 e. The molecule has 0 aromatic heterocycles. The number of nitrogens with zero attached hydrogens (tertiary/aromatic N) is 1. The lowest BCUT2D eigenvalue weighted by molar-refractivity contribution is 0.0358.